The average Bonchev–Trinajstić information content (AvgIpc) is 3.22. The number of aryl methyl sites for hydroxylation is 2. The van der Waals surface area contributed by atoms with E-state index in [1.54, 1.807) is 6.07 Å². The van der Waals surface area contributed by atoms with E-state index in [-0.39, 0.29) is 11.8 Å². The molecule has 1 fully saturated rings. The Morgan fingerprint density at radius 2 is 1.88 bits per heavy atom. The van der Waals surface area contributed by atoms with Crippen molar-refractivity contribution in [3.05, 3.63) is 64.9 Å². The number of ether oxygens (including phenoxy) is 2. The van der Waals surface area contributed by atoms with Crippen LogP contribution in [0.4, 0.5) is 0 Å². The number of fused-ring (bicyclic) bond motifs is 1. The first-order valence-corrected chi connectivity index (χ1v) is 11.7. The highest BCUT2D eigenvalue weighted by molar-refractivity contribution is 6.00. The Kier molecular flexibility index (Phi) is 7.14. The number of rotatable bonds is 7. The van der Waals surface area contributed by atoms with Gasteiger partial charge in [-0.3, -0.25) is 10.8 Å². The topological polar surface area (TPSA) is 82.5 Å². The van der Waals surface area contributed by atoms with Crippen molar-refractivity contribution in [3.63, 3.8) is 0 Å². The van der Waals surface area contributed by atoms with Crippen LogP contribution in [-0.2, 0) is 4.74 Å². The summed E-state index contributed by atoms with van der Waals surface area (Å²) in [5.41, 5.74) is 4.93. The largest absolute Gasteiger partial charge is 0.493 e. The van der Waals surface area contributed by atoms with E-state index in [2.05, 4.69) is 36.9 Å². The summed E-state index contributed by atoms with van der Waals surface area (Å²) >= 11 is 0. The van der Waals surface area contributed by atoms with Gasteiger partial charge in [-0.25, -0.2) is 0 Å². The summed E-state index contributed by atoms with van der Waals surface area (Å²) in [5, 5.41) is 16.1. The predicted molar refractivity (Wildman–Crippen MR) is 132 cm³/mol. The van der Waals surface area contributed by atoms with E-state index in [0.717, 1.165) is 37.2 Å². The van der Waals surface area contributed by atoms with Crippen molar-refractivity contribution in [2.75, 3.05) is 26.2 Å². The van der Waals surface area contributed by atoms with Gasteiger partial charge in [0.1, 0.15) is 11.3 Å². The van der Waals surface area contributed by atoms with E-state index in [0.29, 0.717) is 23.9 Å². The Morgan fingerprint density at radius 3 is 2.61 bits per heavy atom. The lowest BCUT2D eigenvalue weighted by Gasteiger charge is -2.32. The molecule has 6 nitrogen and oxygen atoms in total. The Bertz CT molecular complexity index is 1140. The molecule has 33 heavy (non-hydrogen) atoms. The van der Waals surface area contributed by atoms with Gasteiger partial charge >= 0.3 is 0 Å². The first kappa shape index (κ1) is 23.1. The van der Waals surface area contributed by atoms with E-state index >= 15 is 0 Å². The fraction of sp³-hybridized carbons (Fsp3) is 0.407. The average molecular weight is 448 g/mol. The zero-order chi connectivity index (χ0) is 23.4. The number of benzene rings is 2. The summed E-state index contributed by atoms with van der Waals surface area (Å²) in [7, 11) is 0. The molecule has 0 aliphatic carbocycles. The van der Waals surface area contributed by atoms with Gasteiger partial charge in [-0.1, -0.05) is 29.8 Å². The highest BCUT2D eigenvalue weighted by Gasteiger charge is 2.21. The van der Waals surface area contributed by atoms with Crippen LogP contribution in [0.3, 0.4) is 0 Å². The molecule has 0 saturated carbocycles. The van der Waals surface area contributed by atoms with Crippen LogP contribution in [0.15, 0.2) is 46.9 Å². The van der Waals surface area contributed by atoms with E-state index in [9.17, 15) is 0 Å². The number of piperidine rings is 1. The molecule has 0 amide bonds. The van der Waals surface area contributed by atoms with E-state index < -0.39 is 0 Å². The van der Waals surface area contributed by atoms with Gasteiger partial charge in [-0.05, 0) is 75.4 Å². The van der Waals surface area contributed by atoms with Crippen LogP contribution in [0.5, 0.6) is 5.75 Å². The van der Waals surface area contributed by atoms with Gasteiger partial charge in [0.05, 0.1) is 12.0 Å². The molecule has 1 aromatic heterocycles. The van der Waals surface area contributed by atoms with Crippen LogP contribution < -0.4 is 4.74 Å². The van der Waals surface area contributed by atoms with Crippen LogP contribution in [0.2, 0.25) is 0 Å². The molecule has 1 saturated heterocycles. The number of hydrogen-bond acceptors (Lipinski definition) is 6. The first-order valence-electron chi connectivity index (χ1n) is 11.7. The second-order valence-corrected chi connectivity index (χ2v) is 8.94. The van der Waals surface area contributed by atoms with Crippen molar-refractivity contribution < 1.29 is 13.9 Å². The maximum absolute atomic E-state index is 7.93. The number of hydrogen-bond donors (Lipinski definition) is 2. The molecule has 0 atom stereocenters. The molecule has 2 heterocycles. The molecule has 0 radical (unpaired) electrons. The molecule has 2 N–H and O–H groups in total. The fourth-order valence-electron chi connectivity index (χ4n) is 4.70. The Balaban J connectivity index is 1.26. The highest BCUT2D eigenvalue weighted by Crippen LogP contribution is 2.31. The third-order valence-electron chi connectivity index (χ3n) is 6.33. The van der Waals surface area contributed by atoms with Gasteiger partial charge in [0.15, 0.2) is 11.7 Å². The van der Waals surface area contributed by atoms with Crippen molar-refractivity contribution in [1.29, 1.82) is 10.8 Å². The SMILES string of the molecule is CC(=N)OC(=N)c1cc2c(OCCCN3CCC(c4ccc(C)cc4C)CC3)cccc2o1. The molecule has 0 spiro atoms. The maximum Gasteiger partial charge on any atom is 0.256 e. The minimum Gasteiger partial charge on any atom is -0.493 e. The van der Waals surface area contributed by atoms with Crippen LogP contribution in [0.25, 0.3) is 11.0 Å². The quantitative estimate of drug-likeness (QED) is 0.263. The first-order chi connectivity index (χ1) is 15.9. The van der Waals surface area contributed by atoms with Crippen molar-refractivity contribution in [2.45, 2.75) is 46.0 Å². The zero-order valence-corrected chi connectivity index (χ0v) is 19.7. The highest BCUT2D eigenvalue weighted by atomic mass is 16.5. The van der Waals surface area contributed by atoms with Crippen LogP contribution in [-0.4, -0.2) is 42.9 Å². The molecular weight excluding hydrogens is 414 g/mol. The molecular formula is C27H33N3O3. The Hall–Kier alpha value is -3.12. The third-order valence-corrected chi connectivity index (χ3v) is 6.33. The summed E-state index contributed by atoms with van der Waals surface area (Å²) in [6, 6.07) is 14.2. The zero-order valence-electron chi connectivity index (χ0n) is 19.7. The maximum atomic E-state index is 7.93. The molecule has 0 bridgehead atoms. The molecule has 0 unspecified atom stereocenters. The lowest BCUT2D eigenvalue weighted by atomic mass is 9.86. The lowest BCUT2D eigenvalue weighted by molar-refractivity contribution is 0.193. The van der Waals surface area contributed by atoms with Gasteiger partial charge in [0.25, 0.3) is 5.90 Å². The van der Waals surface area contributed by atoms with E-state index in [1.165, 1.54) is 36.5 Å². The lowest BCUT2D eigenvalue weighted by Crippen LogP contribution is -2.34. The molecule has 3 aromatic rings. The fourth-order valence-corrected chi connectivity index (χ4v) is 4.70. The molecule has 6 heteroatoms. The van der Waals surface area contributed by atoms with Crippen LogP contribution in [0, 0.1) is 24.7 Å². The molecule has 2 aromatic carbocycles. The molecule has 1 aliphatic rings. The summed E-state index contributed by atoms with van der Waals surface area (Å²) < 4.78 is 16.8. The van der Waals surface area contributed by atoms with Crippen LogP contribution in [0.1, 0.15) is 54.6 Å². The second-order valence-electron chi connectivity index (χ2n) is 8.94. The van der Waals surface area contributed by atoms with Crippen molar-refractivity contribution in [2.24, 2.45) is 0 Å². The molecule has 1 aliphatic heterocycles. The number of likely N-dealkylation sites (tertiary alicyclic amines) is 1. The number of nitrogens with zero attached hydrogens (tertiary/aromatic N) is 1. The summed E-state index contributed by atoms with van der Waals surface area (Å²) in [5.74, 6) is 1.49. The number of furan rings is 1. The standard InChI is InChI=1S/C27H33N3O3/c1-18-8-9-22(19(2)16-18)21-10-13-30(14-11-21)12-5-15-31-24-6-4-7-25-23(24)17-26(33-25)27(29)32-20(3)28/h4,6-9,16-17,21,28-29H,5,10-15H2,1-3H3. The third kappa shape index (κ3) is 5.63. The van der Waals surface area contributed by atoms with E-state index in [1.807, 2.05) is 18.2 Å². The minimum absolute atomic E-state index is 0.0463. The van der Waals surface area contributed by atoms with Gasteiger partial charge in [0.2, 0.25) is 0 Å². The Labute approximate surface area is 195 Å². The summed E-state index contributed by atoms with van der Waals surface area (Å²) in [4.78, 5) is 2.54. The second kappa shape index (κ2) is 10.2. The van der Waals surface area contributed by atoms with E-state index in [4.69, 9.17) is 24.7 Å². The smallest absolute Gasteiger partial charge is 0.256 e. The predicted octanol–water partition coefficient (Wildman–Crippen LogP) is 6.04. The van der Waals surface area contributed by atoms with Crippen molar-refractivity contribution in [3.8, 4) is 5.75 Å². The van der Waals surface area contributed by atoms with Crippen LogP contribution >= 0.6 is 0 Å². The normalized spacial score (nSPS) is 15.0. The monoisotopic (exact) mass is 447 g/mol. The van der Waals surface area contributed by atoms with Gasteiger partial charge in [-0.2, -0.15) is 0 Å². The Morgan fingerprint density at radius 1 is 1.09 bits per heavy atom. The summed E-state index contributed by atoms with van der Waals surface area (Å²) in [6.45, 7) is 9.80. The van der Waals surface area contributed by atoms with Gasteiger partial charge in [-0.15, -0.1) is 0 Å². The van der Waals surface area contributed by atoms with Gasteiger partial charge < -0.3 is 18.8 Å². The van der Waals surface area contributed by atoms with Crippen molar-refractivity contribution in [1.82, 2.24) is 4.90 Å². The molecule has 174 valence electrons. The number of nitrogens with one attached hydrogen (secondary N) is 2. The summed E-state index contributed by atoms with van der Waals surface area (Å²) in [6.07, 6.45) is 3.39. The van der Waals surface area contributed by atoms with Gasteiger partial charge in [0, 0.05) is 19.5 Å². The van der Waals surface area contributed by atoms with Crippen molar-refractivity contribution >= 4 is 22.8 Å². The molecule has 4 rings (SSSR count). The minimum atomic E-state index is -0.172.